The van der Waals surface area contributed by atoms with Crippen molar-refractivity contribution in [2.45, 2.75) is 32.1 Å². The standard InChI is InChI=1S/C23H22F2N4O3/c1-11-9-28-22(32-10-14-7-23(14,24)25)19-18(17(21(27)30)12(2)29-20(11)19)15-5-4-13(8-26)6-16(15)31-3/h4-6,9,14,18,29H,7,10H2,1-3H3,(H2,27,30)/t14?,18-/m0/s1. The van der Waals surface area contributed by atoms with Gasteiger partial charge in [-0.05, 0) is 31.5 Å². The number of fused-ring (bicyclic) bond motifs is 1. The quantitative estimate of drug-likeness (QED) is 0.710. The summed E-state index contributed by atoms with van der Waals surface area (Å²) in [5.74, 6) is -4.45. The zero-order chi connectivity index (χ0) is 23.2. The number of primary amides is 1. The van der Waals surface area contributed by atoms with E-state index in [2.05, 4.69) is 16.4 Å². The molecule has 4 rings (SSSR count). The van der Waals surface area contributed by atoms with Crippen LogP contribution in [-0.4, -0.2) is 30.5 Å². The van der Waals surface area contributed by atoms with E-state index < -0.39 is 23.7 Å². The molecule has 7 nitrogen and oxygen atoms in total. The number of pyridine rings is 1. The number of amides is 1. The van der Waals surface area contributed by atoms with Gasteiger partial charge in [-0.2, -0.15) is 5.26 Å². The minimum Gasteiger partial charge on any atom is -0.496 e. The third-order valence-corrected chi connectivity index (χ3v) is 5.88. The summed E-state index contributed by atoms with van der Waals surface area (Å²) < 4.78 is 38.1. The molecule has 0 saturated heterocycles. The van der Waals surface area contributed by atoms with Gasteiger partial charge in [0, 0.05) is 29.5 Å². The highest BCUT2D eigenvalue weighted by atomic mass is 19.3. The Morgan fingerprint density at radius 3 is 2.72 bits per heavy atom. The fourth-order valence-electron chi connectivity index (χ4n) is 4.06. The minimum absolute atomic E-state index is 0.142. The molecule has 2 aliphatic rings. The second-order valence-electron chi connectivity index (χ2n) is 8.04. The van der Waals surface area contributed by atoms with E-state index in [9.17, 15) is 18.8 Å². The third-order valence-electron chi connectivity index (χ3n) is 5.88. The summed E-state index contributed by atoms with van der Waals surface area (Å²) in [5, 5.41) is 12.5. The molecule has 2 atom stereocenters. The fourth-order valence-corrected chi connectivity index (χ4v) is 4.06. The summed E-state index contributed by atoms with van der Waals surface area (Å²) in [6, 6.07) is 6.93. The number of carbonyl (C=O) groups is 1. The molecular weight excluding hydrogens is 418 g/mol. The van der Waals surface area contributed by atoms with E-state index >= 15 is 0 Å². The number of benzene rings is 1. The molecule has 1 aromatic heterocycles. The van der Waals surface area contributed by atoms with Gasteiger partial charge in [-0.1, -0.05) is 6.07 Å². The molecule has 1 aliphatic carbocycles. The van der Waals surface area contributed by atoms with Crippen molar-refractivity contribution in [2.24, 2.45) is 11.7 Å². The molecule has 0 bridgehead atoms. The van der Waals surface area contributed by atoms with Crippen LogP contribution in [0.5, 0.6) is 11.6 Å². The van der Waals surface area contributed by atoms with E-state index in [0.29, 0.717) is 33.8 Å². The van der Waals surface area contributed by atoms with E-state index in [1.165, 1.54) is 7.11 Å². The number of nitrogens with one attached hydrogen (secondary N) is 1. The van der Waals surface area contributed by atoms with E-state index in [0.717, 1.165) is 5.56 Å². The molecule has 1 fully saturated rings. The van der Waals surface area contributed by atoms with Crippen molar-refractivity contribution in [2.75, 3.05) is 19.0 Å². The predicted molar refractivity (Wildman–Crippen MR) is 113 cm³/mol. The Balaban J connectivity index is 1.90. The number of methoxy groups -OCH3 is 1. The number of ether oxygens (including phenoxy) is 2. The summed E-state index contributed by atoms with van der Waals surface area (Å²) in [6.45, 7) is 3.38. The molecule has 9 heteroatoms. The first-order valence-electron chi connectivity index (χ1n) is 10.0. The van der Waals surface area contributed by atoms with Crippen LogP contribution in [0.25, 0.3) is 0 Å². The van der Waals surface area contributed by atoms with Gasteiger partial charge in [0.25, 0.3) is 5.92 Å². The molecule has 1 unspecified atom stereocenters. The van der Waals surface area contributed by atoms with Crippen molar-refractivity contribution in [3.05, 3.63) is 57.9 Å². The average molecular weight is 440 g/mol. The summed E-state index contributed by atoms with van der Waals surface area (Å²) in [6.07, 6.45) is 1.36. The van der Waals surface area contributed by atoms with Crippen molar-refractivity contribution in [1.29, 1.82) is 5.26 Å². The second-order valence-corrected chi connectivity index (χ2v) is 8.04. The normalized spacial score (nSPS) is 20.6. The van der Waals surface area contributed by atoms with Crippen LogP contribution in [0.4, 0.5) is 14.5 Å². The average Bonchev–Trinajstić information content (AvgIpc) is 3.38. The molecule has 0 spiro atoms. The smallest absolute Gasteiger partial charge is 0.255 e. The maximum absolute atomic E-state index is 13.4. The van der Waals surface area contributed by atoms with Crippen LogP contribution in [0.15, 0.2) is 35.7 Å². The lowest BCUT2D eigenvalue weighted by molar-refractivity contribution is -0.114. The Bertz CT molecular complexity index is 1190. The molecular formula is C23H22F2N4O3. The lowest BCUT2D eigenvalue weighted by Crippen LogP contribution is -2.29. The van der Waals surface area contributed by atoms with E-state index in [1.807, 2.05) is 6.92 Å². The molecule has 3 N–H and O–H groups in total. The molecule has 1 aliphatic heterocycles. The lowest BCUT2D eigenvalue weighted by Gasteiger charge is -2.32. The zero-order valence-corrected chi connectivity index (χ0v) is 17.8. The van der Waals surface area contributed by atoms with E-state index in [4.69, 9.17) is 15.2 Å². The van der Waals surface area contributed by atoms with Crippen LogP contribution in [0.3, 0.4) is 0 Å². The van der Waals surface area contributed by atoms with Gasteiger partial charge >= 0.3 is 0 Å². The number of nitrogens with two attached hydrogens (primary N) is 1. The number of aromatic nitrogens is 1. The SMILES string of the molecule is COc1cc(C#N)ccc1[C@H]1C(C(N)=O)=C(C)Nc2c(C)cnc(OCC3CC3(F)F)c21. The first-order chi connectivity index (χ1) is 15.2. The maximum Gasteiger partial charge on any atom is 0.255 e. The Morgan fingerprint density at radius 1 is 1.41 bits per heavy atom. The van der Waals surface area contributed by atoms with Gasteiger partial charge in [0.15, 0.2) is 0 Å². The number of hydrogen-bond acceptors (Lipinski definition) is 6. The number of nitriles is 1. The zero-order valence-electron chi connectivity index (χ0n) is 17.8. The molecule has 166 valence electrons. The number of alkyl halides is 2. The van der Waals surface area contributed by atoms with Crippen LogP contribution in [0.2, 0.25) is 0 Å². The molecule has 2 aromatic rings. The number of rotatable bonds is 6. The summed E-state index contributed by atoms with van der Waals surface area (Å²) in [4.78, 5) is 16.9. The van der Waals surface area contributed by atoms with Crippen molar-refractivity contribution in [1.82, 2.24) is 4.98 Å². The Hall–Kier alpha value is -3.67. The lowest BCUT2D eigenvalue weighted by atomic mass is 9.79. The highest BCUT2D eigenvalue weighted by Crippen LogP contribution is 2.51. The summed E-state index contributed by atoms with van der Waals surface area (Å²) >= 11 is 0. The van der Waals surface area contributed by atoms with Crippen LogP contribution in [0.1, 0.15) is 41.5 Å². The van der Waals surface area contributed by atoms with Gasteiger partial charge in [0.2, 0.25) is 11.8 Å². The number of halogens is 2. The predicted octanol–water partition coefficient (Wildman–Crippen LogP) is 3.62. The van der Waals surface area contributed by atoms with Gasteiger partial charge < -0.3 is 20.5 Å². The maximum atomic E-state index is 13.4. The fraction of sp³-hybridized carbons (Fsp3) is 0.348. The van der Waals surface area contributed by atoms with Gasteiger partial charge in [-0.15, -0.1) is 0 Å². The molecule has 1 aromatic carbocycles. The van der Waals surface area contributed by atoms with Gasteiger partial charge in [0.1, 0.15) is 5.75 Å². The molecule has 32 heavy (non-hydrogen) atoms. The van der Waals surface area contributed by atoms with Gasteiger partial charge in [-0.25, -0.2) is 13.8 Å². The van der Waals surface area contributed by atoms with Gasteiger partial charge in [0.05, 0.1) is 48.4 Å². The van der Waals surface area contributed by atoms with Crippen LogP contribution in [-0.2, 0) is 4.79 Å². The van der Waals surface area contributed by atoms with Crippen LogP contribution >= 0.6 is 0 Å². The highest BCUT2D eigenvalue weighted by molar-refractivity contribution is 5.98. The van der Waals surface area contributed by atoms with Crippen LogP contribution in [0, 0.1) is 24.2 Å². The number of nitrogens with zero attached hydrogens (tertiary/aromatic N) is 2. The molecule has 1 amide bonds. The van der Waals surface area contributed by atoms with E-state index in [-0.39, 0.29) is 24.5 Å². The minimum atomic E-state index is -2.73. The van der Waals surface area contributed by atoms with Crippen molar-refractivity contribution in [3.63, 3.8) is 0 Å². The number of hydrogen-bond donors (Lipinski definition) is 2. The Morgan fingerprint density at radius 2 is 2.12 bits per heavy atom. The van der Waals surface area contributed by atoms with Gasteiger partial charge in [-0.3, -0.25) is 4.79 Å². The monoisotopic (exact) mass is 440 g/mol. The molecule has 1 saturated carbocycles. The second kappa shape index (κ2) is 7.79. The third kappa shape index (κ3) is 3.62. The van der Waals surface area contributed by atoms with E-state index in [1.54, 1.807) is 31.3 Å². The number of carbonyl (C=O) groups excluding carboxylic acids is 1. The first kappa shape index (κ1) is 21.6. The molecule has 2 heterocycles. The first-order valence-corrected chi connectivity index (χ1v) is 10.0. The van der Waals surface area contributed by atoms with Crippen molar-refractivity contribution in [3.8, 4) is 17.7 Å². The Labute approximate surface area is 183 Å². The largest absolute Gasteiger partial charge is 0.496 e. The van der Waals surface area contributed by atoms with Crippen molar-refractivity contribution < 1.29 is 23.0 Å². The summed E-state index contributed by atoms with van der Waals surface area (Å²) in [7, 11) is 1.46. The van der Waals surface area contributed by atoms with Crippen LogP contribution < -0.4 is 20.5 Å². The number of aryl methyl sites for hydroxylation is 1. The molecule has 0 radical (unpaired) electrons. The highest BCUT2D eigenvalue weighted by Gasteiger charge is 2.57. The number of allylic oxidation sites excluding steroid dienone is 1. The Kier molecular flexibility index (Phi) is 5.25. The van der Waals surface area contributed by atoms with Crippen molar-refractivity contribution >= 4 is 11.6 Å². The topological polar surface area (TPSA) is 110 Å². The number of anilines is 1. The summed E-state index contributed by atoms with van der Waals surface area (Å²) in [5.41, 5.74) is 9.50.